The SMILES string of the molecule is COc1ccc([N+](=O)[O-])c(NC(=O)COC(=O)c2cccc(N3C(=O)[C@@H]4[C@H]5C[C@@H]([C@@H](Cl)[C@H]5Cl)[C@H]4C3=O)c2)c1. The molecule has 0 unspecified atom stereocenters. The fourth-order valence-corrected chi connectivity index (χ4v) is 6.57. The summed E-state index contributed by atoms with van der Waals surface area (Å²) in [6.45, 7) is -0.735. The van der Waals surface area contributed by atoms with Crippen molar-refractivity contribution >= 4 is 64.0 Å². The number of esters is 1. The van der Waals surface area contributed by atoms with Gasteiger partial charge in [0.2, 0.25) is 11.8 Å². The molecule has 198 valence electrons. The van der Waals surface area contributed by atoms with E-state index < -0.39 is 35.2 Å². The van der Waals surface area contributed by atoms with Crippen LogP contribution in [0.15, 0.2) is 42.5 Å². The summed E-state index contributed by atoms with van der Waals surface area (Å²) in [4.78, 5) is 63.0. The number of nitrogens with one attached hydrogen (secondary N) is 1. The van der Waals surface area contributed by atoms with Crippen molar-refractivity contribution in [3.63, 3.8) is 0 Å². The average Bonchev–Trinajstić information content (AvgIpc) is 3.51. The predicted octanol–water partition coefficient (Wildman–Crippen LogP) is 3.37. The molecular formula is C25H21Cl2N3O8. The summed E-state index contributed by atoms with van der Waals surface area (Å²) in [6.07, 6.45) is 0.635. The number of nitrogens with zero attached hydrogens (tertiary/aromatic N) is 2. The number of amides is 3. The predicted molar refractivity (Wildman–Crippen MR) is 135 cm³/mol. The molecule has 3 aliphatic rings. The number of alkyl halides is 2. The van der Waals surface area contributed by atoms with Crippen molar-refractivity contribution < 1.29 is 33.6 Å². The molecule has 38 heavy (non-hydrogen) atoms. The highest BCUT2D eigenvalue weighted by atomic mass is 35.5. The summed E-state index contributed by atoms with van der Waals surface area (Å²) in [5.41, 5.74) is -0.274. The summed E-state index contributed by atoms with van der Waals surface area (Å²) in [7, 11) is 1.37. The third kappa shape index (κ3) is 4.25. The Bertz CT molecular complexity index is 1340. The van der Waals surface area contributed by atoms with E-state index in [-0.39, 0.29) is 62.8 Å². The van der Waals surface area contributed by atoms with E-state index in [2.05, 4.69) is 5.32 Å². The van der Waals surface area contributed by atoms with Gasteiger partial charge >= 0.3 is 5.97 Å². The van der Waals surface area contributed by atoms with Gasteiger partial charge in [0.15, 0.2) is 6.61 Å². The molecule has 0 spiro atoms. The highest BCUT2D eigenvalue weighted by Crippen LogP contribution is 2.59. The molecule has 1 aliphatic heterocycles. The molecule has 1 saturated heterocycles. The second kappa shape index (κ2) is 9.88. The molecule has 1 N–H and O–H groups in total. The second-order valence-electron chi connectivity index (χ2n) is 9.33. The van der Waals surface area contributed by atoms with Crippen LogP contribution in [0.1, 0.15) is 16.8 Å². The zero-order valence-corrected chi connectivity index (χ0v) is 21.3. The zero-order valence-electron chi connectivity index (χ0n) is 19.8. The summed E-state index contributed by atoms with van der Waals surface area (Å²) in [6, 6.07) is 9.58. The van der Waals surface area contributed by atoms with E-state index in [0.717, 1.165) is 4.90 Å². The lowest BCUT2D eigenvalue weighted by Crippen LogP contribution is -2.37. The van der Waals surface area contributed by atoms with Gasteiger partial charge in [-0.3, -0.25) is 29.4 Å². The highest BCUT2D eigenvalue weighted by molar-refractivity contribution is 6.32. The number of imide groups is 1. The minimum atomic E-state index is -0.886. The Morgan fingerprint density at radius 2 is 1.74 bits per heavy atom. The molecule has 2 bridgehead atoms. The molecule has 2 aliphatic carbocycles. The number of anilines is 2. The van der Waals surface area contributed by atoms with Gasteiger partial charge < -0.3 is 14.8 Å². The summed E-state index contributed by atoms with van der Waals surface area (Å²) >= 11 is 12.8. The third-order valence-electron chi connectivity index (χ3n) is 7.34. The number of halogens is 2. The van der Waals surface area contributed by atoms with Crippen LogP contribution in [0.5, 0.6) is 5.75 Å². The Labute approximate surface area is 226 Å². The van der Waals surface area contributed by atoms with Gasteiger partial charge in [-0.05, 0) is 42.5 Å². The molecule has 1 heterocycles. The van der Waals surface area contributed by atoms with Crippen molar-refractivity contribution in [1.29, 1.82) is 0 Å². The van der Waals surface area contributed by atoms with Crippen molar-refractivity contribution in [2.75, 3.05) is 23.9 Å². The largest absolute Gasteiger partial charge is 0.497 e. The fraction of sp³-hybridized carbons (Fsp3) is 0.360. The topological polar surface area (TPSA) is 145 Å². The second-order valence-corrected chi connectivity index (χ2v) is 10.3. The molecule has 11 nitrogen and oxygen atoms in total. The molecule has 3 amide bonds. The molecule has 13 heteroatoms. The smallest absolute Gasteiger partial charge is 0.338 e. The number of ether oxygens (including phenoxy) is 2. The first-order valence-corrected chi connectivity index (χ1v) is 12.5. The van der Waals surface area contributed by atoms with E-state index in [1.54, 1.807) is 0 Å². The Balaban J connectivity index is 1.26. The molecule has 2 saturated carbocycles. The van der Waals surface area contributed by atoms with E-state index in [0.29, 0.717) is 6.42 Å². The first-order chi connectivity index (χ1) is 18.1. The Morgan fingerprint density at radius 1 is 1.08 bits per heavy atom. The van der Waals surface area contributed by atoms with Gasteiger partial charge in [-0.2, -0.15) is 0 Å². The van der Waals surface area contributed by atoms with Crippen LogP contribution in [-0.4, -0.2) is 53.1 Å². The lowest BCUT2D eigenvalue weighted by atomic mass is 9.80. The van der Waals surface area contributed by atoms with Crippen LogP contribution in [0.2, 0.25) is 0 Å². The lowest BCUT2D eigenvalue weighted by molar-refractivity contribution is -0.383. The number of rotatable bonds is 7. The van der Waals surface area contributed by atoms with Crippen molar-refractivity contribution in [2.24, 2.45) is 23.7 Å². The van der Waals surface area contributed by atoms with Crippen LogP contribution in [0.25, 0.3) is 0 Å². The van der Waals surface area contributed by atoms with Crippen molar-refractivity contribution in [1.82, 2.24) is 0 Å². The number of hydrogen-bond donors (Lipinski definition) is 1. The van der Waals surface area contributed by atoms with Crippen LogP contribution >= 0.6 is 23.2 Å². The minimum Gasteiger partial charge on any atom is -0.497 e. The first kappa shape index (κ1) is 25.9. The van der Waals surface area contributed by atoms with Crippen LogP contribution in [0.3, 0.4) is 0 Å². The number of methoxy groups -OCH3 is 1. The molecule has 2 aromatic carbocycles. The maximum absolute atomic E-state index is 13.2. The van der Waals surface area contributed by atoms with E-state index >= 15 is 0 Å². The fourth-order valence-electron chi connectivity index (χ4n) is 5.68. The number of benzene rings is 2. The van der Waals surface area contributed by atoms with Gasteiger partial charge in [0.25, 0.3) is 11.6 Å². The number of nitro groups is 1. The summed E-state index contributed by atoms with van der Waals surface area (Å²) in [5.74, 6) is -3.59. The molecule has 0 radical (unpaired) electrons. The van der Waals surface area contributed by atoms with E-state index in [1.165, 1.54) is 49.6 Å². The number of nitro benzene ring substituents is 1. The standard InChI is InChI=1S/C25H21Cl2N3O8/c1-37-13-5-6-17(30(35)36)16(8-13)28-18(31)10-38-25(34)11-3-2-4-12(7-11)29-23(32)19-14-9-15(20(19)24(29)33)22(27)21(14)26/h2-8,14-15,19-22H,9-10H2,1H3,(H,28,31)/t14-,15-,19-,20-,21-,22+/m1/s1. The van der Waals surface area contributed by atoms with Gasteiger partial charge in [0.1, 0.15) is 11.4 Å². The summed E-state index contributed by atoms with van der Waals surface area (Å²) in [5, 5.41) is 12.8. The van der Waals surface area contributed by atoms with Gasteiger partial charge in [-0.25, -0.2) is 4.79 Å². The molecule has 3 fully saturated rings. The van der Waals surface area contributed by atoms with Crippen LogP contribution in [-0.2, 0) is 19.1 Å². The van der Waals surface area contributed by atoms with Crippen LogP contribution in [0.4, 0.5) is 17.1 Å². The molecule has 2 aromatic rings. The van der Waals surface area contributed by atoms with E-state index in [9.17, 15) is 29.3 Å². The zero-order chi connectivity index (χ0) is 27.3. The molecular weight excluding hydrogens is 541 g/mol. The van der Waals surface area contributed by atoms with Crippen molar-refractivity contribution in [2.45, 2.75) is 17.2 Å². The Kier molecular flexibility index (Phi) is 6.74. The molecule has 0 aromatic heterocycles. The maximum Gasteiger partial charge on any atom is 0.338 e. The monoisotopic (exact) mass is 561 g/mol. The maximum atomic E-state index is 13.2. The lowest BCUT2D eigenvalue weighted by Gasteiger charge is -2.28. The number of carbonyl (C=O) groups excluding carboxylic acids is 4. The third-order valence-corrected chi connectivity index (χ3v) is 8.66. The number of carbonyl (C=O) groups is 4. The van der Waals surface area contributed by atoms with E-state index in [4.69, 9.17) is 32.7 Å². The Hall–Kier alpha value is -3.70. The van der Waals surface area contributed by atoms with Crippen LogP contribution in [0, 0.1) is 33.8 Å². The molecule has 5 rings (SSSR count). The minimum absolute atomic E-state index is 0.00809. The van der Waals surface area contributed by atoms with Gasteiger partial charge in [-0.1, -0.05) is 6.07 Å². The average molecular weight is 562 g/mol. The van der Waals surface area contributed by atoms with E-state index in [1.807, 2.05) is 0 Å². The summed E-state index contributed by atoms with van der Waals surface area (Å²) < 4.78 is 10.1. The van der Waals surface area contributed by atoms with Gasteiger partial charge in [-0.15, -0.1) is 23.2 Å². The molecule has 6 atom stereocenters. The Morgan fingerprint density at radius 3 is 2.34 bits per heavy atom. The van der Waals surface area contributed by atoms with Crippen molar-refractivity contribution in [3.8, 4) is 5.75 Å². The normalized spacial score (nSPS) is 27.3. The number of hydrogen-bond acceptors (Lipinski definition) is 8. The van der Waals surface area contributed by atoms with Gasteiger partial charge in [0, 0.05) is 12.1 Å². The highest BCUT2D eigenvalue weighted by Gasteiger charge is 2.66. The van der Waals surface area contributed by atoms with Crippen molar-refractivity contribution in [3.05, 3.63) is 58.1 Å². The van der Waals surface area contributed by atoms with Gasteiger partial charge in [0.05, 0.1) is 45.9 Å². The first-order valence-electron chi connectivity index (χ1n) is 11.7. The number of fused-ring (bicyclic) bond motifs is 5. The van der Waals surface area contributed by atoms with Crippen LogP contribution < -0.4 is 15.0 Å². The quantitative estimate of drug-likeness (QED) is 0.178.